The Morgan fingerprint density at radius 2 is 2.00 bits per heavy atom. The summed E-state index contributed by atoms with van der Waals surface area (Å²) in [5.41, 5.74) is 0. The van der Waals surface area contributed by atoms with Crippen molar-refractivity contribution in [1.82, 2.24) is 19.7 Å². The van der Waals surface area contributed by atoms with Crippen LogP contribution in [-0.4, -0.2) is 70.2 Å². The molecule has 8 heteroatoms. The fourth-order valence-corrected chi connectivity index (χ4v) is 2.72. The standard InChI is InChI=1S/C13H25N5O2S/c1-5-17(9-7-8-16(3)4)12-14-15-13(18(12)6-2)21-10-11(19)20/h5-10H2,1-4H3,(H,19,20). The highest BCUT2D eigenvalue weighted by molar-refractivity contribution is 7.99. The minimum Gasteiger partial charge on any atom is -0.481 e. The zero-order chi connectivity index (χ0) is 15.8. The highest BCUT2D eigenvalue weighted by Crippen LogP contribution is 2.21. The molecule has 1 heterocycles. The summed E-state index contributed by atoms with van der Waals surface area (Å²) in [4.78, 5) is 15.0. The molecule has 7 nitrogen and oxygen atoms in total. The van der Waals surface area contributed by atoms with Gasteiger partial charge in [0, 0.05) is 19.6 Å². The van der Waals surface area contributed by atoms with Crippen molar-refractivity contribution < 1.29 is 9.90 Å². The van der Waals surface area contributed by atoms with Crippen LogP contribution in [0.15, 0.2) is 5.16 Å². The van der Waals surface area contributed by atoms with Gasteiger partial charge in [0.2, 0.25) is 5.95 Å². The van der Waals surface area contributed by atoms with Gasteiger partial charge in [-0.3, -0.25) is 9.36 Å². The molecule has 0 spiro atoms. The molecule has 0 radical (unpaired) electrons. The molecule has 0 saturated heterocycles. The summed E-state index contributed by atoms with van der Waals surface area (Å²) in [5, 5.41) is 17.8. The van der Waals surface area contributed by atoms with E-state index >= 15 is 0 Å². The number of rotatable bonds is 10. The number of carboxylic acids is 1. The largest absolute Gasteiger partial charge is 0.481 e. The maximum atomic E-state index is 10.7. The molecule has 21 heavy (non-hydrogen) atoms. The van der Waals surface area contributed by atoms with Gasteiger partial charge >= 0.3 is 5.97 Å². The van der Waals surface area contributed by atoms with E-state index in [0.717, 1.165) is 38.5 Å². The minimum absolute atomic E-state index is 0.00485. The van der Waals surface area contributed by atoms with Crippen molar-refractivity contribution in [2.24, 2.45) is 0 Å². The lowest BCUT2D eigenvalue weighted by Gasteiger charge is -2.23. The van der Waals surface area contributed by atoms with Crippen molar-refractivity contribution in [2.45, 2.75) is 32.0 Å². The van der Waals surface area contributed by atoms with Gasteiger partial charge < -0.3 is 14.9 Å². The van der Waals surface area contributed by atoms with Gasteiger partial charge in [0.05, 0.1) is 5.75 Å². The number of aliphatic carboxylic acids is 1. The summed E-state index contributed by atoms with van der Waals surface area (Å²) in [6.07, 6.45) is 1.05. The molecule has 0 bridgehead atoms. The van der Waals surface area contributed by atoms with Gasteiger partial charge in [0.15, 0.2) is 5.16 Å². The second kappa shape index (κ2) is 8.89. The highest BCUT2D eigenvalue weighted by Gasteiger charge is 2.17. The number of anilines is 1. The Balaban J connectivity index is 2.76. The molecule has 0 amide bonds. The summed E-state index contributed by atoms with van der Waals surface area (Å²) in [6.45, 7) is 7.64. The fourth-order valence-electron chi connectivity index (χ4n) is 2.00. The first kappa shape index (κ1) is 17.8. The Morgan fingerprint density at radius 1 is 1.29 bits per heavy atom. The van der Waals surface area contributed by atoms with E-state index in [9.17, 15) is 4.79 Å². The Morgan fingerprint density at radius 3 is 2.52 bits per heavy atom. The second-order valence-electron chi connectivity index (χ2n) is 4.95. The predicted molar refractivity (Wildman–Crippen MR) is 85.1 cm³/mol. The molecule has 0 aromatic carbocycles. The molecule has 0 aliphatic rings. The summed E-state index contributed by atoms with van der Waals surface area (Å²) in [7, 11) is 4.12. The molecular weight excluding hydrogens is 290 g/mol. The van der Waals surface area contributed by atoms with Crippen molar-refractivity contribution in [3.8, 4) is 0 Å². The summed E-state index contributed by atoms with van der Waals surface area (Å²) < 4.78 is 1.98. The number of hydrogen-bond donors (Lipinski definition) is 1. The van der Waals surface area contributed by atoms with Gasteiger partial charge in [-0.1, -0.05) is 11.8 Å². The monoisotopic (exact) mass is 315 g/mol. The number of carbonyl (C=O) groups is 1. The third-order valence-electron chi connectivity index (χ3n) is 3.04. The fraction of sp³-hybridized carbons (Fsp3) is 0.769. The third-order valence-corrected chi connectivity index (χ3v) is 3.99. The summed E-state index contributed by atoms with van der Waals surface area (Å²) in [6, 6.07) is 0. The molecule has 120 valence electrons. The zero-order valence-electron chi connectivity index (χ0n) is 13.2. The zero-order valence-corrected chi connectivity index (χ0v) is 14.1. The topological polar surface area (TPSA) is 74.5 Å². The van der Waals surface area contributed by atoms with E-state index in [1.807, 2.05) is 11.5 Å². The number of hydrogen-bond acceptors (Lipinski definition) is 6. The lowest BCUT2D eigenvalue weighted by Crippen LogP contribution is -2.29. The van der Waals surface area contributed by atoms with E-state index in [0.29, 0.717) is 5.16 Å². The molecule has 0 aliphatic heterocycles. The Labute approximate surface area is 130 Å². The van der Waals surface area contributed by atoms with Crippen LogP contribution in [0.3, 0.4) is 0 Å². The van der Waals surface area contributed by atoms with E-state index in [1.165, 1.54) is 11.8 Å². The Bertz CT molecular complexity index is 450. The van der Waals surface area contributed by atoms with Crippen molar-refractivity contribution in [2.75, 3.05) is 44.4 Å². The van der Waals surface area contributed by atoms with Gasteiger partial charge in [-0.25, -0.2) is 0 Å². The van der Waals surface area contributed by atoms with Gasteiger partial charge in [0.25, 0.3) is 0 Å². The lowest BCUT2D eigenvalue weighted by molar-refractivity contribution is -0.133. The maximum Gasteiger partial charge on any atom is 0.313 e. The number of thioether (sulfide) groups is 1. The molecule has 0 fully saturated rings. The quantitative estimate of drug-likeness (QED) is 0.651. The van der Waals surface area contributed by atoms with Crippen LogP contribution in [0.4, 0.5) is 5.95 Å². The second-order valence-corrected chi connectivity index (χ2v) is 5.89. The smallest absolute Gasteiger partial charge is 0.313 e. The van der Waals surface area contributed by atoms with Crippen LogP contribution >= 0.6 is 11.8 Å². The van der Waals surface area contributed by atoms with Gasteiger partial charge in [0.1, 0.15) is 0 Å². The van der Waals surface area contributed by atoms with Crippen molar-refractivity contribution in [3.05, 3.63) is 0 Å². The predicted octanol–water partition coefficient (Wildman–Crippen LogP) is 1.25. The van der Waals surface area contributed by atoms with Gasteiger partial charge in [-0.15, -0.1) is 10.2 Å². The first-order valence-electron chi connectivity index (χ1n) is 7.17. The SMILES string of the molecule is CCN(CCCN(C)C)c1nnc(SCC(=O)O)n1CC. The Hall–Kier alpha value is -1.28. The molecule has 0 unspecified atom stereocenters. The van der Waals surface area contributed by atoms with Crippen LogP contribution in [0, 0.1) is 0 Å². The molecule has 1 aromatic heterocycles. The van der Waals surface area contributed by atoms with Crippen molar-refractivity contribution in [3.63, 3.8) is 0 Å². The molecule has 1 rings (SSSR count). The number of carboxylic acid groups (broad SMARTS) is 1. The Kier molecular flexibility index (Phi) is 7.52. The van der Waals surface area contributed by atoms with Gasteiger partial charge in [-0.05, 0) is 40.9 Å². The van der Waals surface area contributed by atoms with Crippen LogP contribution in [0.1, 0.15) is 20.3 Å². The van der Waals surface area contributed by atoms with Crippen LogP contribution in [0.25, 0.3) is 0 Å². The van der Waals surface area contributed by atoms with E-state index in [1.54, 1.807) is 0 Å². The van der Waals surface area contributed by atoms with Gasteiger partial charge in [-0.2, -0.15) is 0 Å². The molecule has 0 aliphatic carbocycles. The van der Waals surface area contributed by atoms with Crippen LogP contribution in [0.2, 0.25) is 0 Å². The van der Waals surface area contributed by atoms with Crippen LogP contribution < -0.4 is 4.90 Å². The summed E-state index contributed by atoms with van der Waals surface area (Å²) >= 11 is 1.21. The van der Waals surface area contributed by atoms with E-state index in [-0.39, 0.29) is 5.75 Å². The van der Waals surface area contributed by atoms with Crippen molar-refractivity contribution in [1.29, 1.82) is 0 Å². The minimum atomic E-state index is -0.842. The molecule has 1 N–H and O–H groups in total. The molecule has 0 atom stereocenters. The lowest BCUT2D eigenvalue weighted by atomic mass is 10.3. The van der Waals surface area contributed by atoms with Crippen LogP contribution in [-0.2, 0) is 11.3 Å². The van der Waals surface area contributed by atoms with E-state index in [2.05, 4.69) is 41.0 Å². The van der Waals surface area contributed by atoms with E-state index in [4.69, 9.17) is 5.11 Å². The average Bonchev–Trinajstić information content (AvgIpc) is 2.83. The molecular formula is C13H25N5O2S. The molecule has 0 saturated carbocycles. The summed E-state index contributed by atoms with van der Waals surface area (Å²) in [5.74, 6) is -0.0117. The average molecular weight is 315 g/mol. The number of aromatic nitrogens is 3. The van der Waals surface area contributed by atoms with Crippen molar-refractivity contribution >= 4 is 23.7 Å². The first-order chi connectivity index (χ1) is 9.99. The number of nitrogens with zero attached hydrogens (tertiary/aromatic N) is 5. The molecule has 1 aromatic rings. The normalized spacial score (nSPS) is 11.1. The highest BCUT2D eigenvalue weighted by atomic mass is 32.2. The third kappa shape index (κ3) is 5.55. The maximum absolute atomic E-state index is 10.7. The van der Waals surface area contributed by atoms with Crippen LogP contribution in [0.5, 0.6) is 0 Å². The first-order valence-corrected chi connectivity index (χ1v) is 8.15. The van der Waals surface area contributed by atoms with E-state index < -0.39 is 5.97 Å².